The quantitative estimate of drug-likeness (QED) is 0.830. The molecular formula is C13H14ClN3. The summed E-state index contributed by atoms with van der Waals surface area (Å²) < 4.78 is 1.73. The highest BCUT2D eigenvalue weighted by Gasteiger charge is 2.03. The lowest BCUT2D eigenvalue weighted by Crippen LogP contribution is -1.97. The predicted molar refractivity (Wildman–Crippen MR) is 70.2 cm³/mol. The van der Waals surface area contributed by atoms with E-state index >= 15 is 0 Å². The summed E-state index contributed by atoms with van der Waals surface area (Å²) in [7, 11) is 0. The Morgan fingerprint density at radius 3 is 2.82 bits per heavy atom. The number of halogens is 1. The Morgan fingerprint density at radius 2 is 2.18 bits per heavy atom. The summed E-state index contributed by atoms with van der Waals surface area (Å²) >= 11 is 6.01. The second kappa shape index (κ2) is 5.15. The Bertz CT molecular complexity index is 515. The van der Waals surface area contributed by atoms with Crippen LogP contribution in [0.15, 0.2) is 36.9 Å². The molecule has 0 N–H and O–H groups in total. The van der Waals surface area contributed by atoms with Gasteiger partial charge in [-0.05, 0) is 24.1 Å². The average Bonchev–Trinajstić information content (AvgIpc) is 2.80. The zero-order valence-corrected chi connectivity index (χ0v) is 10.6. The number of benzene rings is 1. The van der Waals surface area contributed by atoms with Crippen molar-refractivity contribution in [3.05, 3.63) is 47.5 Å². The van der Waals surface area contributed by atoms with E-state index in [9.17, 15) is 0 Å². The third-order valence-electron chi connectivity index (χ3n) is 2.32. The molecule has 2 aromatic rings. The van der Waals surface area contributed by atoms with Crippen LogP contribution < -0.4 is 0 Å². The van der Waals surface area contributed by atoms with Crippen molar-refractivity contribution >= 4 is 17.7 Å². The minimum absolute atomic E-state index is 0.498. The molecule has 0 atom stereocenters. The van der Waals surface area contributed by atoms with E-state index in [1.54, 1.807) is 11.0 Å². The zero-order valence-electron chi connectivity index (χ0n) is 9.84. The van der Waals surface area contributed by atoms with Gasteiger partial charge in [0.2, 0.25) is 0 Å². The number of hydrogen-bond donors (Lipinski definition) is 0. The van der Waals surface area contributed by atoms with E-state index in [1.165, 1.54) is 6.33 Å². The molecule has 3 nitrogen and oxygen atoms in total. The van der Waals surface area contributed by atoms with E-state index in [1.807, 2.05) is 18.2 Å². The summed E-state index contributed by atoms with van der Waals surface area (Å²) in [6.07, 6.45) is 7.39. The van der Waals surface area contributed by atoms with Gasteiger partial charge in [-0.15, -0.1) is 0 Å². The second-order valence-electron chi connectivity index (χ2n) is 4.15. The van der Waals surface area contributed by atoms with E-state index in [0.29, 0.717) is 5.92 Å². The molecule has 0 bridgehead atoms. The van der Waals surface area contributed by atoms with Crippen molar-refractivity contribution in [1.29, 1.82) is 0 Å². The Kier molecular flexibility index (Phi) is 3.59. The van der Waals surface area contributed by atoms with Gasteiger partial charge in [0.05, 0.1) is 5.69 Å². The van der Waals surface area contributed by atoms with E-state index in [2.05, 4.69) is 36.1 Å². The van der Waals surface area contributed by atoms with E-state index < -0.39 is 0 Å². The molecule has 4 heteroatoms. The van der Waals surface area contributed by atoms with Crippen LogP contribution in [0.4, 0.5) is 0 Å². The maximum atomic E-state index is 6.01. The van der Waals surface area contributed by atoms with E-state index in [4.69, 9.17) is 11.6 Å². The molecule has 0 aliphatic rings. The first-order valence-electron chi connectivity index (χ1n) is 5.49. The third kappa shape index (κ3) is 2.94. The fraction of sp³-hybridized carbons (Fsp3) is 0.231. The largest absolute Gasteiger partial charge is 0.223 e. The Labute approximate surface area is 106 Å². The molecule has 1 heterocycles. The minimum atomic E-state index is 0.498. The SMILES string of the molecule is CC(C)/C=C/c1cc(Cl)ccc1-n1cncn1. The van der Waals surface area contributed by atoms with Crippen LogP contribution in [0.1, 0.15) is 19.4 Å². The van der Waals surface area contributed by atoms with Crippen molar-refractivity contribution in [2.45, 2.75) is 13.8 Å². The molecule has 0 saturated carbocycles. The maximum absolute atomic E-state index is 6.01. The first kappa shape index (κ1) is 11.9. The van der Waals surface area contributed by atoms with Crippen molar-refractivity contribution in [3.63, 3.8) is 0 Å². The van der Waals surface area contributed by atoms with E-state index in [-0.39, 0.29) is 0 Å². The summed E-state index contributed by atoms with van der Waals surface area (Å²) in [5.74, 6) is 0.498. The summed E-state index contributed by atoms with van der Waals surface area (Å²) in [4.78, 5) is 3.95. The molecule has 2 rings (SSSR count). The molecular weight excluding hydrogens is 234 g/mol. The highest BCUT2D eigenvalue weighted by atomic mass is 35.5. The Morgan fingerprint density at radius 1 is 1.35 bits per heavy atom. The van der Waals surface area contributed by atoms with Gasteiger partial charge >= 0.3 is 0 Å². The molecule has 0 radical (unpaired) electrons. The fourth-order valence-electron chi connectivity index (χ4n) is 1.50. The fourth-order valence-corrected chi connectivity index (χ4v) is 1.68. The second-order valence-corrected chi connectivity index (χ2v) is 4.58. The molecule has 0 fully saturated rings. The Hall–Kier alpha value is -1.61. The topological polar surface area (TPSA) is 30.7 Å². The molecule has 17 heavy (non-hydrogen) atoms. The molecule has 88 valence electrons. The smallest absolute Gasteiger partial charge is 0.138 e. The van der Waals surface area contributed by atoms with Gasteiger partial charge in [-0.3, -0.25) is 0 Å². The number of aromatic nitrogens is 3. The summed E-state index contributed by atoms with van der Waals surface area (Å²) in [5.41, 5.74) is 2.01. The van der Waals surface area contributed by atoms with Crippen LogP contribution in [-0.4, -0.2) is 14.8 Å². The van der Waals surface area contributed by atoms with Crippen LogP contribution in [0, 0.1) is 5.92 Å². The highest BCUT2D eigenvalue weighted by molar-refractivity contribution is 6.30. The van der Waals surface area contributed by atoms with Gasteiger partial charge in [-0.25, -0.2) is 9.67 Å². The van der Waals surface area contributed by atoms with E-state index in [0.717, 1.165) is 16.3 Å². The number of allylic oxidation sites excluding steroid dienone is 1. The molecule has 0 unspecified atom stereocenters. The first-order chi connectivity index (χ1) is 8.16. The van der Waals surface area contributed by atoms with Gasteiger partial charge in [0.25, 0.3) is 0 Å². The van der Waals surface area contributed by atoms with Crippen LogP contribution in [0.5, 0.6) is 0 Å². The third-order valence-corrected chi connectivity index (χ3v) is 2.55. The van der Waals surface area contributed by atoms with Gasteiger partial charge < -0.3 is 0 Å². The first-order valence-corrected chi connectivity index (χ1v) is 5.87. The normalized spacial score (nSPS) is 11.5. The van der Waals surface area contributed by atoms with Crippen molar-refractivity contribution in [2.24, 2.45) is 5.92 Å². The molecule has 1 aromatic heterocycles. The van der Waals surface area contributed by atoms with Gasteiger partial charge in [0.1, 0.15) is 12.7 Å². The minimum Gasteiger partial charge on any atom is -0.223 e. The van der Waals surface area contributed by atoms with Gasteiger partial charge in [-0.1, -0.05) is 37.6 Å². The average molecular weight is 248 g/mol. The molecule has 0 aliphatic heterocycles. The Balaban J connectivity index is 2.45. The van der Waals surface area contributed by atoms with Gasteiger partial charge in [0, 0.05) is 10.6 Å². The summed E-state index contributed by atoms with van der Waals surface area (Å²) in [5, 5.41) is 4.85. The summed E-state index contributed by atoms with van der Waals surface area (Å²) in [6.45, 7) is 4.27. The zero-order chi connectivity index (χ0) is 12.3. The number of nitrogens with zero attached hydrogens (tertiary/aromatic N) is 3. The lowest BCUT2D eigenvalue weighted by atomic mass is 10.1. The molecule has 0 amide bonds. The number of rotatable bonds is 3. The van der Waals surface area contributed by atoms with Crippen LogP contribution in [-0.2, 0) is 0 Å². The standard InChI is InChI=1S/C13H14ClN3/c1-10(2)3-4-11-7-12(14)5-6-13(11)17-9-15-8-16-17/h3-10H,1-2H3/b4-3+. The van der Waals surface area contributed by atoms with Gasteiger partial charge in [-0.2, -0.15) is 5.10 Å². The molecule has 0 aliphatic carbocycles. The molecule has 0 spiro atoms. The van der Waals surface area contributed by atoms with Crippen molar-refractivity contribution < 1.29 is 0 Å². The van der Waals surface area contributed by atoms with Crippen LogP contribution in [0.2, 0.25) is 5.02 Å². The van der Waals surface area contributed by atoms with Gasteiger partial charge in [0.15, 0.2) is 0 Å². The van der Waals surface area contributed by atoms with Crippen LogP contribution in [0.3, 0.4) is 0 Å². The predicted octanol–water partition coefficient (Wildman–Crippen LogP) is 3.59. The molecule has 1 aromatic carbocycles. The van der Waals surface area contributed by atoms with Crippen molar-refractivity contribution in [1.82, 2.24) is 14.8 Å². The lowest BCUT2D eigenvalue weighted by molar-refractivity contribution is 0.835. The monoisotopic (exact) mass is 247 g/mol. The molecule has 0 saturated heterocycles. The highest BCUT2D eigenvalue weighted by Crippen LogP contribution is 2.20. The maximum Gasteiger partial charge on any atom is 0.138 e. The summed E-state index contributed by atoms with van der Waals surface area (Å²) in [6, 6.07) is 5.72. The van der Waals surface area contributed by atoms with Crippen LogP contribution >= 0.6 is 11.6 Å². The number of hydrogen-bond acceptors (Lipinski definition) is 2. The van der Waals surface area contributed by atoms with Crippen molar-refractivity contribution in [3.8, 4) is 5.69 Å². The van der Waals surface area contributed by atoms with Crippen molar-refractivity contribution in [2.75, 3.05) is 0 Å². The van der Waals surface area contributed by atoms with Crippen LogP contribution in [0.25, 0.3) is 11.8 Å². The lowest BCUT2D eigenvalue weighted by Gasteiger charge is -2.06.